The van der Waals surface area contributed by atoms with Crippen molar-refractivity contribution in [1.82, 2.24) is 15.3 Å². The number of nitrogens with zero attached hydrogens (tertiary/aromatic N) is 3. The number of aryl methyl sites for hydroxylation is 1. The van der Waals surface area contributed by atoms with Gasteiger partial charge in [0.2, 0.25) is 11.8 Å². The molecule has 0 amide bonds. The van der Waals surface area contributed by atoms with Gasteiger partial charge >= 0.3 is 0 Å². The SMILES string of the molecule is Cc1ccc(Oc2nc(N3CCCC3)nc3c2CNCC3)cc1. The summed E-state index contributed by atoms with van der Waals surface area (Å²) in [5, 5.41) is 3.39. The largest absolute Gasteiger partial charge is 0.439 e. The Morgan fingerprint density at radius 2 is 1.87 bits per heavy atom. The number of nitrogens with one attached hydrogen (secondary N) is 1. The third kappa shape index (κ3) is 3.01. The summed E-state index contributed by atoms with van der Waals surface area (Å²) in [6.45, 7) is 5.90. The maximum Gasteiger partial charge on any atom is 0.228 e. The van der Waals surface area contributed by atoms with Crippen LogP contribution in [0.2, 0.25) is 0 Å². The van der Waals surface area contributed by atoms with E-state index in [0.717, 1.165) is 55.6 Å². The molecule has 3 heterocycles. The molecule has 1 aromatic carbocycles. The fourth-order valence-corrected chi connectivity index (χ4v) is 3.16. The van der Waals surface area contributed by atoms with Crippen molar-refractivity contribution in [3.8, 4) is 11.6 Å². The van der Waals surface area contributed by atoms with Crippen molar-refractivity contribution < 1.29 is 4.74 Å². The number of anilines is 1. The van der Waals surface area contributed by atoms with Gasteiger partial charge < -0.3 is 15.0 Å². The first kappa shape index (κ1) is 14.5. The van der Waals surface area contributed by atoms with Gasteiger partial charge in [0.25, 0.3) is 0 Å². The molecule has 1 N–H and O–H groups in total. The van der Waals surface area contributed by atoms with Crippen LogP contribution in [-0.4, -0.2) is 29.6 Å². The molecule has 0 saturated carbocycles. The second kappa shape index (κ2) is 6.16. The Kier molecular flexibility index (Phi) is 3.87. The lowest BCUT2D eigenvalue weighted by molar-refractivity contribution is 0.444. The summed E-state index contributed by atoms with van der Waals surface area (Å²) in [6, 6.07) is 8.11. The van der Waals surface area contributed by atoms with Gasteiger partial charge in [0.1, 0.15) is 5.75 Å². The first-order chi connectivity index (χ1) is 11.3. The Morgan fingerprint density at radius 3 is 2.65 bits per heavy atom. The number of hydrogen-bond donors (Lipinski definition) is 1. The lowest BCUT2D eigenvalue weighted by Crippen LogP contribution is -2.28. The standard InChI is InChI=1S/C18H22N4O/c1-13-4-6-14(7-5-13)23-17-15-12-19-9-8-16(15)20-18(21-17)22-10-2-3-11-22/h4-7,19H,2-3,8-12H2,1H3. The van der Waals surface area contributed by atoms with Crippen molar-refractivity contribution in [2.24, 2.45) is 0 Å². The maximum atomic E-state index is 6.11. The molecule has 1 aromatic heterocycles. The molecule has 5 heteroatoms. The highest BCUT2D eigenvalue weighted by molar-refractivity contribution is 5.44. The molecule has 0 radical (unpaired) electrons. The molecule has 1 saturated heterocycles. The molecule has 5 nitrogen and oxygen atoms in total. The van der Waals surface area contributed by atoms with Gasteiger partial charge in [-0.15, -0.1) is 0 Å². The van der Waals surface area contributed by atoms with E-state index in [1.54, 1.807) is 0 Å². The van der Waals surface area contributed by atoms with Crippen LogP contribution in [0.4, 0.5) is 5.95 Å². The van der Waals surface area contributed by atoms with Gasteiger partial charge in [0, 0.05) is 32.6 Å². The zero-order valence-electron chi connectivity index (χ0n) is 13.5. The number of aromatic nitrogens is 2. The van der Waals surface area contributed by atoms with Crippen molar-refractivity contribution in [3.05, 3.63) is 41.1 Å². The maximum absolute atomic E-state index is 6.11. The number of hydrogen-bond acceptors (Lipinski definition) is 5. The van der Waals surface area contributed by atoms with Crippen molar-refractivity contribution in [3.63, 3.8) is 0 Å². The van der Waals surface area contributed by atoms with E-state index < -0.39 is 0 Å². The van der Waals surface area contributed by atoms with Crippen LogP contribution in [0.3, 0.4) is 0 Å². The summed E-state index contributed by atoms with van der Waals surface area (Å²) >= 11 is 0. The fourth-order valence-electron chi connectivity index (χ4n) is 3.16. The average molecular weight is 310 g/mol. The van der Waals surface area contributed by atoms with Gasteiger partial charge in [-0.05, 0) is 31.9 Å². The molecule has 23 heavy (non-hydrogen) atoms. The van der Waals surface area contributed by atoms with E-state index in [0.29, 0.717) is 5.88 Å². The molecule has 4 rings (SSSR count). The molecular weight excluding hydrogens is 288 g/mol. The van der Waals surface area contributed by atoms with Gasteiger partial charge in [-0.2, -0.15) is 4.98 Å². The van der Waals surface area contributed by atoms with Gasteiger partial charge in [-0.3, -0.25) is 0 Å². The van der Waals surface area contributed by atoms with Crippen LogP contribution in [0.5, 0.6) is 11.6 Å². The predicted molar refractivity (Wildman–Crippen MR) is 90.1 cm³/mol. The molecule has 1 fully saturated rings. The smallest absolute Gasteiger partial charge is 0.228 e. The minimum Gasteiger partial charge on any atom is -0.439 e. The molecule has 0 atom stereocenters. The average Bonchev–Trinajstić information content (AvgIpc) is 3.11. The monoisotopic (exact) mass is 310 g/mol. The van der Waals surface area contributed by atoms with Crippen LogP contribution >= 0.6 is 0 Å². The highest BCUT2D eigenvalue weighted by Crippen LogP contribution is 2.30. The Hall–Kier alpha value is -2.14. The summed E-state index contributed by atoms with van der Waals surface area (Å²) < 4.78 is 6.11. The molecule has 0 aliphatic carbocycles. The Balaban J connectivity index is 1.70. The minimum absolute atomic E-state index is 0.702. The zero-order chi connectivity index (χ0) is 15.6. The first-order valence-corrected chi connectivity index (χ1v) is 8.39. The topological polar surface area (TPSA) is 50.3 Å². The van der Waals surface area contributed by atoms with E-state index in [-0.39, 0.29) is 0 Å². The summed E-state index contributed by atoms with van der Waals surface area (Å²) in [4.78, 5) is 11.8. The van der Waals surface area contributed by atoms with E-state index in [2.05, 4.69) is 29.3 Å². The lowest BCUT2D eigenvalue weighted by atomic mass is 10.1. The fraction of sp³-hybridized carbons (Fsp3) is 0.444. The van der Waals surface area contributed by atoms with E-state index >= 15 is 0 Å². The molecule has 0 bridgehead atoms. The number of benzene rings is 1. The van der Waals surface area contributed by atoms with E-state index in [1.165, 1.54) is 18.4 Å². The molecule has 2 aliphatic heterocycles. The third-order valence-electron chi connectivity index (χ3n) is 4.51. The van der Waals surface area contributed by atoms with E-state index in [4.69, 9.17) is 14.7 Å². The molecule has 0 unspecified atom stereocenters. The van der Waals surface area contributed by atoms with Crippen molar-refractivity contribution in [1.29, 1.82) is 0 Å². The molecule has 120 valence electrons. The summed E-state index contributed by atoms with van der Waals surface area (Å²) in [5.41, 5.74) is 3.45. The number of ether oxygens (including phenoxy) is 1. The summed E-state index contributed by atoms with van der Waals surface area (Å²) in [5.74, 6) is 2.35. The van der Waals surface area contributed by atoms with Crippen LogP contribution in [-0.2, 0) is 13.0 Å². The molecule has 2 aliphatic rings. The highest BCUT2D eigenvalue weighted by Gasteiger charge is 2.23. The summed E-state index contributed by atoms with van der Waals surface area (Å²) in [7, 11) is 0. The van der Waals surface area contributed by atoms with Gasteiger partial charge in [0.15, 0.2) is 0 Å². The second-order valence-electron chi connectivity index (χ2n) is 6.29. The van der Waals surface area contributed by atoms with Crippen LogP contribution in [0.15, 0.2) is 24.3 Å². The van der Waals surface area contributed by atoms with Gasteiger partial charge in [-0.1, -0.05) is 17.7 Å². The second-order valence-corrected chi connectivity index (χ2v) is 6.29. The highest BCUT2D eigenvalue weighted by atomic mass is 16.5. The Bertz CT molecular complexity index is 693. The van der Waals surface area contributed by atoms with Gasteiger partial charge in [-0.25, -0.2) is 4.98 Å². The van der Waals surface area contributed by atoms with Crippen molar-refractivity contribution >= 4 is 5.95 Å². The Morgan fingerprint density at radius 1 is 1.09 bits per heavy atom. The van der Waals surface area contributed by atoms with Crippen molar-refractivity contribution in [2.45, 2.75) is 32.7 Å². The lowest BCUT2D eigenvalue weighted by Gasteiger charge is -2.23. The zero-order valence-corrected chi connectivity index (χ0v) is 13.5. The van der Waals surface area contributed by atoms with E-state index in [9.17, 15) is 0 Å². The first-order valence-electron chi connectivity index (χ1n) is 8.39. The molecule has 0 spiro atoms. The van der Waals surface area contributed by atoms with Gasteiger partial charge in [0.05, 0.1) is 11.3 Å². The van der Waals surface area contributed by atoms with Crippen molar-refractivity contribution in [2.75, 3.05) is 24.5 Å². The Labute approximate surface area is 136 Å². The van der Waals surface area contributed by atoms with Crippen LogP contribution in [0.1, 0.15) is 29.7 Å². The predicted octanol–water partition coefficient (Wildman–Crippen LogP) is 2.82. The summed E-state index contributed by atoms with van der Waals surface area (Å²) in [6.07, 6.45) is 3.37. The number of rotatable bonds is 3. The normalized spacial score (nSPS) is 17.2. The minimum atomic E-state index is 0.702. The molecular formula is C18H22N4O. The van der Waals surface area contributed by atoms with Crippen LogP contribution in [0, 0.1) is 6.92 Å². The number of fused-ring (bicyclic) bond motifs is 1. The molecule has 2 aromatic rings. The third-order valence-corrected chi connectivity index (χ3v) is 4.51. The van der Waals surface area contributed by atoms with Crippen LogP contribution < -0.4 is 15.0 Å². The van der Waals surface area contributed by atoms with E-state index in [1.807, 2.05) is 12.1 Å². The van der Waals surface area contributed by atoms with Crippen LogP contribution in [0.25, 0.3) is 0 Å². The quantitative estimate of drug-likeness (QED) is 0.945.